The molecule has 4 rings (SSSR count). The number of aromatic nitrogens is 2. The van der Waals surface area contributed by atoms with E-state index in [1.54, 1.807) is 47.8 Å². The molecule has 0 aliphatic carbocycles. The molecule has 184 valence electrons. The quantitative estimate of drug-likeness (QED) is 0.0958. The SMILES string of the molecule is CSc1cccc(N)c1.CSc1cccc(Nc2cc(Cl)nc(Cl)c2)c1.Clc1cc(I)cc(Cl)n1. The number of thioether (sulfide) groups is 2. The van der Waals surface area contributed by atoms with E-state index in [4.69, 9.17) is 52.1 Å². The molecule has 2 heterocycles. The number of nitrogens with one attached hydrogen (secondary N) is 1. The van der Waals surface area contributed by atoms with Gasteiger partial charge in [-0.2, -0.15) is 0 Å². The lowest BCUT2D eigenvalue weighted by molar-refractivity contribution is 1.31. The van der Waals surface area contributed by atoms with Crippen LogP contribution in [0.4, 0.5) is 17.1 Å². The first-order valence-corrected chi connectivity index (χ1v) is 14.8. The number of halogens is 5. The van der Waals surface area contributed by atoms with Crippen molar-refractivity contribution >= 4 is 110 Å². The zero-order valence-corrected chi connectivity index (χ0v) is 25.4. The summed E-state index contributed by atoms with van der Waals surface area (Å²) in [5, 5.41) is 4.86. The van der Waals surface area contributed by atoms with Gasteiger partial charge in [0.15, 0.2) is 0 Å². The summed E-state index contributed by atoms with van der Waals surface area (Å²) in [5.74, 6) is 0. The standard InChI is InChI=1S/C12H10Cl2N2S.C7H9NS.C5H2Cl2IN/c1-17-10-4-2-3-8(5-10)15-9-6-11(13)16-12(14)7-9;1-9-7-4-2-3-6(8)5-7;6-4-1-3(8)2-5(7)9-4/h2-7H,1H3,(H,15,16);2-5H,8H2,1H3;1-2H. The minimum Gasteiger partial charge on any atom is -0.399 e. The molecule has 0 amide bonds. The monoisotopic (exact) mass is 696 g/mol. The van der Waals surface area contributed by atoms with Gasteiger partial charge in [0.1, 0.15) is 20.6 Å². The van der Waals surface area contributed by atoms with E-state index in [0.717, 1.165) is 20.6 Å². The van der Waals surface area contributed by atoms with Gasteiger partial charge in [-0.3, -0.25) is 0 Å². The minimum atomic E-state index is 0.376. The second-order valence-electron chi connectivity index (χ2n) is 6.57. The molecule has 3 N–H and O–H groups in total. The predicted octanol–water partition coefficient (Wildman–Crippen LogP) is 9.84. The smallest absolute Gasteiger partial charge is 0.132 e. The third kappa shape index (κ3) is 12.1. The molecule has 0 spiro atoms. The van der Waals surface area contributed by atoms with Gasteiger partial charge in [-0.1, -0.05) is 58.5 Å². The molecule has 0 aliphatic heterocycles. The van der Waals surface area contributed by atoms with Crippen molar-refractivity contribution in [3.63, 3.8) is 0 Å². The molecule has 2 aromatic heterocycles. The molecule has 0 saturated carbocycles. The van der Waals surface area contributed by atoms with Gasteiger partial charge in [-0.05, 0) is 95.8 Å². The molecule has 0 atom stereocenters. The fourth-order valence-corrected chi connectivity index (χ4v) is 5.29. The van der Waals surface area contributed by atoms with Crippen LogP contribution in [0.15, 0.2) is 82.6 Å². The highest BCUT2D eigenvalue weighted by molar-refractivity contribution is 14.1. The van der Waals surface area contributed by atoms with Gasteiger partial charge in [0.25, 0.3) is 0 Å². The highest BCUT2D eigenvalue weighted by atomic mass is 127. The molecular formula is C24H21Cl4IN4S2. The van der Waals surface area contributed by atoms with Crippen molar-refractivity contribution in [1.82, 2.24) is 9.97 Å². The van der Waals surface area contributed by atoms with Crippen LogP contribution in [0.5, 0.6) is 0 Å². The van der Waals surface area contributed by atoms with E-state index in [0.29, 0.717) is 20.6 Å². The molecule has 0 fully saturated rings. The first-order chi connectivity index (χ1) is 16.7. The molecule has 4 aromatic rings. The van der Waals surface area contributed by atoms with Crippen molar-refractivity contribution in [3.8, 4) is 0 Å². The Hall–Kier alpha value is -1.07. The highest BCUT2D eigenvalue weighted by Crippen LogP contribution is 2.25. The van der Waals surface area contributed by atoms with Crippen molar-refractivity contribution in [2.45, 2.75) is 9.79 Å². The van der Waals surface area contributed by atoms with Gasteiger partial charge < -0.3 is 11.1 Å². The fraction of sp³-hybridized carbons (Fsp3) is 0.0833. The number of nitrogen functional groups attached to an aromatic ring is 1. The average Bonchev–Trinajstić information content (AvgIpc) is 2.78. The van der Waals surface area contributed by atoms with Crippen LogP contribution in [-0.2, 0) is 0 Å². The Morgan fingerprint density at radius 1 is 0.686 bits per heavy atom. The van der Waals surface area contributed by atoms with Crippen molar-refractivity contribution in [3.05, 3.63) is 97.0 Å². The molecular weight excluding hydrogens is 677 g/mol. The number of benzene rings is 2. The Labute approximate surface area is 247 Å². The summed E-state index contributed by atoms with van der Waals surface area (Å²) in [6.45, 7) is 0. The molecule has 0 unspecified atom stereocenters. The lowest BCUT2D eigenvalue weighted by Gasteiger charge is -2.08. The van der Waals surface area contributed by atoms with Crippen molar-refractivity contribution in [2.75, 3.05) is 23.6 Å². The summed E-state index contributed by atoms with van der Waals surface area (Å²) >= 11 is 28.3. The molecule has 11 heteroatoms. The maximum Gasteiger partial charge on any atom is 0.132 e. The van der Waals surface area contributed by atoms with Crippen LogP contribution in [-0.4, -0.2) is 22.5 Å². The summed E-state index contributed by atoms with van der Waals surface area (Å²) < 4.78 is 0.998. The Morgan fingerprint density at radius 3 is 1.63 bits per heavy atom. The summed E-state index contributed by atoms with van der Waals surface area (Å²) in [4.78, 5) is 10.1. The van der Waals surface area contributed by atoms with Gasteiger partial charge in [-0.15, -0.1) is 23.5 Å². The zero-order valence-electron chi connectivity index (χ0n) is 18.6. The second-order valence-corrected chi connectivity index (χ2v) is 11.1. The Morgan fingerprint density at radius 2 is 1.17 bits per heavy atom. The van der Waals surface area contributed by atoms with E-state index >= 15 is 0 Å². The molecule has 4 nitrogen and oxygen atoms in total. The second kappa shape index (κ2) is 15.9. The largest absolute Gasteiger partial charge is 0.399 e. The third-order valence-electron chi connectivity index (χ3n) is 3.94. The Balaban J connectivity index is 0.000000203. The number of nitrogens with zero attached hydrogens (tertiary/aromatic N) is 2. The van der Waals surface area contributed by atoms with Crippen LogP contribution in [0.3, 0.4) is 0 Å². The van der Waals surface area contributed by atoms with Crippen LogP contribution >= 0.6 is 92.5 Å². The number of pyridine rings is 2. The first kappa shape index (κ1) is 30.2. The number of rotatable bonds is 4. The van der Waals surface area contributed by atoms with Gasteiger partial charge in [0.2, 0.25) is 0 Å². The molecule has 0 saturated heterocycles. The van der Waals surface area contributed by atoms with Gasteiger partial charge >= 0.3 is 0 Å². The van der Waals surface area contributed by atoms with Crippen molar-refractivity contribution in [1.29, 1.82) is 0 Å². The van der Waals surface area contributed by atoms with E-state index in [-0.39, 0.29) is 0 Å². The first-order valence-electron chi connectivity index (χ1n) is 9.80. The number of anilines is 3. The highest BCUT2D eigenvalue weighted by Gasteiger charge is 2.01. The maximum absolute atomic E-state index is 5.84. The van der Waals surface area contributed by atoms with Gasteiger partial charge in [-0.25, -0.2) is 9.97 Å². The molecule has 35 heavy (non-hydrogen) atoms. The zero-order chi connectivity index (χ0) is 25.8. The van der Waals surface area contributed by atoms with Crippen molar-refractivity contribution in [2.24, 2.45) is 0 Å². The molecule has 0 bridgehead atoms. The van der Waals surface area contributed by atoms with E-state index in [9.17, 15) is 0 Å². The molecule has 2 aromatic carbocycles. The number of nitrogens with two attached hydrogens (primary N) is 1. The fourth-order valence-electron chi connectivity index (χ4n) is 2.48. The van der Waals surface area contributed by atoms with Crippen LogP contribution in [0, 0.1) is 3.57 Å². The summed E-state index contributed by atoms with van der Waals surface area (Å²) in [5.41, 5.74) is 8.18. The number of hydrogen-bond acceptors (Lipinski definition) is 6. The third-order valence-corrected chi connectivity index (χ3v) is 6.79. The average molecular weight is 698 g/mol. The maximum atomic E-state index is 5.84. The Kier molecular flexibility index (Phi) is 13.7. The van der Waals surface area contributed by atoms with Crippen LogP contribution in [0.2, 0.25) is 20.6 Å². The van der Waals surface area contributed by atoms with Crippen LogP contribution in [0.1, 0.15) is 0 Å². The van der Waals surface area contributed by atoms with E-state index in [1.165, 1.54) is 9.79 Å². The van der Waals surface area contributed by atoms with E-state index in [2.05, 4.69) is 50.0 Å². The lowest BCUT2D eigenvalue weighted by atomic mass is 10.3. The summed E-state index contributed by atoms with van der Waals surface area (Å²) in [6.07, 6.45) is 4.08. The van der Waals surface area contributed by atoms with E-state index < -0.39 is 0 Å². The van der Waals surface area contributed by atoms with Crippen molar-refractivity contribution < 1.29 is 0 Å². The lowest BCUT2D eigenvalue weighted by Crippen LogP contribution is -1.91. The van der Waals surface area contributed by atoms with E-state index in [1.807, 2.05) is 48.9 Å². The van der Waals surface area contributed by atoms with Crippen LogP contribution < -0.4 is 11.1 Å². The summed E-state index contributed by atoms with van der Waals surface area (Å²) in [6, 6.07) is 22.9. The number of hydrogen-bond donors (Lipinski definition) is 2. The summed E-state index contributed by atoms with van der Waals surface area (Å²) in [7, 11) is 0. The normalized spacial score (nSPS) is 9.91. The van der Waals surface area contributed by atoms with Gasteiger partial charge in [0, 0.05) is 30.4 Å². The predicted molar refractivity (Wildman–Crippen MR) is 165 cm³/mol. The molecule has 0 radical (unpaired) electrons. The molecule has 0 aliphatic rings. The topological polar surface area (TPSA) is 63.8 Å². The minimum absolute atomic E-state index is 0.376. The Bertz CT molecular complexity index is 1180. The van der Waals surface area contributed by atoms with Crippen LogP contribution in [0.25, 0.3) is 0 Å². The van der Waals surface area contributed by atoms with Gasteiger partial charge in [0.05, 0.1) is 0 Å².